The number of rotatable bonds is 9. The van der Waals surface area contributed by atoms with Crippen LogP contribution < -0.4 is 0 Å². The highest BCUT2D eigenvalue weighted by molar-refractivity contribution is 8.26. The van der Waals surface area contributed by atoms with E-state index >= 15 is 0 Å². The van der Waals surface area contributed by atoms with Gasteiger partial charge in [-0.25, -0.2) is 0 Å². The smallest absolute Gasteiger partial charge is 0.280 e. The van der Waals surface area contributed by atoms with Gasteiger partial charge in [0.2, 0.25) is 0 Å². The Morgan fingerprint density at radius 2 is 2.03 bits per heavy atom. The van der Waals surface area contributed by atoms with Gasteiger partial charge >= 0.3 is 0 Å². The second-order valence-corrected chi connectivity index (χ2v) is 8.86. The Kier molecular flexibility index (Phi) is 7.44. The van der Waals surface area contributed by atoms with Crippen LogP contribution in [0.15, 0.2) is 45.7 Å². The molecular formula is C22H24N2O4S2. The van der Waals surface area contributed by atoms with Crippen molar-refractivity contribution in [2.24, 2.45) is 5.92 Å². The monoisotopic (exact) mass is 444 g/mol. The van der Waals surface area contributed by atoms with Crippen molar-refractivity contribution in [1.29, 1.82) is 0 Å². The lowest BCUT2D eigenvalue weighted by molar-refractivity contribution is -0.384. The molecule has 1 fully saturated rings. The van der Waals surface area contributed by atoms with E-state index < -0.39 is 4.92 Å². The normalized spacial score (nSPS) is 16.5. The minimum atomic E-state index is -0.439. The van der Waals surface area contributed by atoms with Crippen LogP contribution in [-0.2, 0) is 4.79 Å². The molecule has 0 spiro atoms. The number of thiocarbonyl (C=S) groups is 1. The van der Waals surface area contributed by atoms with E-state index in [2.05, 4.69) is 13.8 Å². The highest BCUT2D eigenvalue weighted by Gasteiger charge is 2.33. The van der Waals surface area contributed by atoms with Gasteiger partial charge in [-0.1, -0.05) is 69.2 Å². The van der Waals surface area contributed by atoms with Crippen molar-refractivity contribution in [3.05, 3.63) is 57.2 Å². The Hall–Kier alpha value is -2.45. The number of benzene rings is 1. The van der Waals surface area contributed by atoms with Gasteiger partial charge < -0.3 is 4.42 Å². The zero-order chi connectivity index (χ0) is 21.7. The molecule has 2 aromatic rings. The van der Waals surface area contributed by atoms with E-state index in [1.807, 2.05) is 0 Å². The van der Waals surface area contributed by atoms with Crippen molar-refractivity contribution in [2.45, 2.75) is 39.5 Å². The summed E-state index contributed by atoms with van der Waals surface area (Å²) in [7, 11) is 0. The minimum absolute atomic E-state index is 0.0255. The molecule has 1 aliphatic rings. The van der Waals surface area contributed by atoms with Gasteiger partial charge in [0.15, 0.2) is 0 Å². The number of carbonyl (C=O) groups is 1. The highest BCUT2D eigenvalue weighted by Crippen LogP contribution is 2.36. The predicted octanol–water partition coefficient (Wildman–Crippen LogP) is 6.27. The number of nitrogens with zero attached hydrogens (tertiary/aromatic N) is 2. The highest BCUT2D eigenvalue weighted by atomic mass is 32.2. The summed E-state index contributed by atoms with van der Waals surface area (Å²) in [5, 5.41) is 11.3. The molecule has 1 unspecified atom stereocenters. The molecule has 8 heteroatoms. The fraction of sp³-hybridized carbons (Fsp3) is 0.364. The van der Waals surface area contributed by atoms with E-state index in [1.54, 1.807) is 41.3 Å². The lowest BCUT2D eigenvalue weighted by Crippen LogP contribution is -2.33. The molecule has 1 amide bonds. The Bertz CT molecular complexity index is 983. The van der Waals surface area contributed by atoms with Crippen molar-refractivity contribution in [3.8, 4) is 11.3 Å². The summed E-state index contributed by atoms with van der Waals surface area (Å²) in [6.07, 6.45) is 6.03. The quantitative estimate of drug-likeness (QED) is 0.196. The molecule has 2 heterocycles. The summed E-state index contributed by atoms with van der Waals surface area (Å²) >= 11 is 6.71. The van der Waals surface area contributed by atoms with Crippen LogP contribution in [0.25, 0.3) is 17.4 Å². The first-order valence-corrected chi connectivity index (χ1v) is 11.3. The fourth-order valence-corrected chi connectivity index (χ4v) is 4.63. The lowest BCUT2D eigenvalue weighted by atomic mass is 9.99. The van der Waals surface area contributed by atoms with Gasteiger partial charge in [0.25, 0.3) is 11.6 Å². The fourth-order valence-electron chi connectivity index (χ4n) is 3.38. The molecule has 1 aromatic heterocycles. The van der Waals surface area contributed by atoms with Crippen LogP contribution in [0, 0.1) is 16.0 Å². The summed E-state index contributed by atoms with van der Waals surface area (Å²) in [6, 6.07) is 9.79. The van der Waals surface area contributed by atoms with Gasteiger partial charge in [0.1, 0.15) is 15.8 Å². The number of thioether (sulfide) groups is 1. The molecule has 0 bridgehead atoms. The number of furan rings is 1. The number of hydrogen-bond acceptors (Lipinski definition) is 6. The zero-order valence-corrected chi connectivity index (χ0v) is 18.6. The molecule has 3 rings (SSSR count). The largest absolute Gasteiger partial charge is 0.456 e. The number of amides is 1. The van der Waals surface area contributed by atoms with E-state index in [0.29, 0.717) is 38.8 Å². The summed E-state index contributed by atoms with van der Waals surface area (Å²) in [6.45, 7) is 4.94. The molecule has 158 valence electrons. The van der Waals surface area contributed by atoms with E-state index in [-0.39, 0.29) is 11.6 Å². The van der Waals surface area contributed by atoms with E-state index in [1.165, 1.54) is 17.8 Å². The van der Waals surface area contributed by atoms with Gasteiger partial charge in [-0.15, -0.1) is 0 Å². The second kappa shape index (κ2) is 10.0. The number of unbranched alkanes of at least 4 members (excludes halogenated alkanes) is 1. The maximum atomic E-state index is 12.9. The van der Waals surface area contributed by atoms with Crippen LogP contribution in [0.5, 0.6) is 0 Å². The number of para-hydroxylation sites is 1. The van der Waals surface area contributed by atoms with Crippen molar-refractivity contribution in [3.63, 3.8) is 0 Å². The summed E-state index contributed by atoms with van der Waals surface area (Å²) in [4.78, 5) is 25.9. The van der Waals surface area contributed by atoms with Gasteiger partial charge in [-0.3, -0.25) is 19.8 Å². The minimum Gasteiger partial charge on any atom is -0.456 e. The first-order chi connectivity index (χ1) is 14.4. The molecule has 1 atom stereocenters. The second-order valence-electron chi connectivity index (χ2n) is 7.19. The third-order valence-electron chi connectivity index (χ3n) is 5.12. The molecule has 0 radical (unpaired) electrons. The van der Waals surface area contributed by atoms with Gasteiger partial charge in [0.05, 0.1) is 15.4 Å². The van der Waals surface area contributed by atoms with Crippen LogP contribution in [0.4, 0.5) is 5.69 Å². The molecule has 0 N–H and O–H groups in total. The Balaban J connectivity index is 1.78. The average molecular weight is 445 g/mol. The van der Waals surface area contributed by atoms with Crippen LogP contribution in [0.3, 0.4) is 0 Å². The molecule has 0 aliphatic carbocycles. The molecule has 1 aliphatic heterocycles. The predicted molar refractivity (Wildman–Crippen MR) is 124 cm³/mol. The number of carbonyl (C=O) groups excluding carboxylic acids is 1. The number of nitro groups is 1. The third-order valence-corrected chi connectivity index (χ3v) is 6.50. The van der Waals surface area contributed by atoms with Crippen LogP contribution >= 0.6 is 24.0 Å². The molecule has 1 saturated heterocycles. The van der Waals surface area contributed by atoms with Crippen LogP contribution in [0.1, 0.15) is 45.3 Å². The molecular weight excluding hydrogens is 420 g/mol. The first-order valence-electron chi connectivity index (χ1n) is 10.0. The van der Waals surface area contributed by atoms with E-state index in [9.17, 15) is 14.9 Å². The zero-order valence-electron chi connectivity index (χ0n) is 17.0. The maximum absolute atomic E-state index is 12.9. The Morgan fingerprint density at radius 1 is 1.27 bits per heavy atom. The molecule has 6 nitrogen and oxygen atoms in total. The first kappa shape index (κ1) is 22.2. The Morgan fingerprint density at radius 3 is 2.73 bits per heavy atom. The van der Waals surface area contributed by atoms with Gasteiger partial charge in [-0.2, -0.15) is 0 Å². The van der Waals surface area contributed by atoms with Crippen LogP contribution in [0.2, 0.25) is 0 Å². The number of hydrogen-bond donors (Lipinski definition) is 0. The lowest BCUT2D eigenvalue weighted by Gasteiger charge is -2.21. The van der Waals surface area contributed by atoms with Crippen LogP contribution in [-0.4, -0.2) is 26.6 Å². The van der Waals surface area contributed by atoms with Gasteiger partial charge in [-0.05, 0) is 30.5 Å². The molecule has 30 heavy (non-hydrogen) atoms. The van der Waals surface area contributed by atoms with Gasteiger partial charge in [0, 0.05) is 18.7 Å². The summed E-state index contributed by atoms with van der Waals surface area (Å²) in [5.41, 5.74) is 0.374. The number of nitro benzene ring substituents is 1. The molecule has 1 aromatic carbocycles. The van der Waals surface area contributed by atoms with Crippen molar-refractivity contribution in [1.82, 2.24) is 4.90 Å². The van der Waals surface area contributed by atoms with Crippen molar-refractivity contribution >= 4 is 46.0 Å². The third kappa shape index (κ3) is 4.99. The standard InChI is InChI=1S/C22H24N2O4S2/c1-3-5-8-15(4-2)14-23-21(25)20(30-22(23)29)13-16-11-12-19(28-16)17-9-6-7-10-18(17)24(26)27/h6-7,9-13,15H,3-5,8,14H2,1-2H3. The van der Waals surface area contributed by atoms with E-state index in [4.69, 9.17) is 16.6 Å². The Labute approximate surface area is 185 Å². The van der Waals surface area contributed by atoms with Crippen molar-refractivity contribution < 1.29 is 14.1 Å². The molecule has 0 saturated carbocycles. The van der Waals surface area contributed by atoms with Crippen molar-refractivity contribution in [2.75, 3.05) is 6.54 Å². The average Bonchev–Trinajstić information content (AvgIpc) is 3.30. The topological polar surface area (TPSA) is 76.6 Å². The van der Waals surface area contributed by atoms with E-state index in [0.717, 1.165) is 25.7 Å². The maximum Gasteiger partial charge on any atom is 0.280 e. The summed E-state index contributed by atoms with van der Waals surface area (Å²) in [5.74, 6) is 1.17. The summed E-state index contributed by atoms with van der Waals surface area (Å²) < 4.78 is 6.35. The SMILES string of the molecule is CCCCC(CC)CN1C(=O)C(=Cc2ccc(-c3ccccc3[N+](=O)[O-])o2)SC1=S.